The van der Waals surface area contributed by atoms with Gasteiger partial charge < -0.3 is 24.8 Å². The van der Waals surface area contributed by atoms with Gasteiger partial charge in [-0.2, -0.15) is 0 Å². The van der Waals surface area contributed by atoms with Crippen LogP contribution >= 0.6 is 0 Å². The molecule has 2 atom stereocenters. The molecule has 0 aliphatic heterocycles. The number of fused-ring (bicyclic) bond motifs is 2. The molecule has 0 amide bonds. The third-order valence-corrected chi connectivity index (χ3v) is 29.7. The van der Waals surface area contributed by atoms with E-state index in [4.69, 9.17) is 0 Å². The predicted molar refractivity (Wildman–Crippen MR) is 142 cm³/mol. The molecule has 0 N–H and O–H groups in total. The predicted octanol–water partition coefficient (Wildman–Crippen LogP) is 2.51. The molecule has 0 heterocycles. The van der Waals surface area contributed by atoms with Gasteiger partial charge in [-0.15, -0.1) is 0 Å². The van der Waals surface area contributed by atoms with Crippen LogP contribution in [-0.4, -0.2) is 5.92 Å². The van der Waals surface area contributed by atoms with Crippen LogP contribution in [0.15, 0.2) is 47.5 Å². The minimum Gasteiger partial charge on any atom is -1.00 e. The first-order chi connectivity index (χ1) is 14.8. The van der Waals surface area contributed by atoms with Crippen LogP contribution < -0.4 is 24.8 Å². The molecule has 2 aliphatic rings. The summed E-state index contributed by atoms with van der Waals surface area (Å²) in [6, 6.07) is 14.4. The fraction of sp³-hybridized carbons (Fsp3) is 0.467. The van der Waals surface area contributed by atoms with Gasteiger partial charge in [-0.25, -0.2) is 0 Å². The Morgan fingerprint density at radius 2 is 1.00 bits per heavy atom. The molecular weight excluding hydrogens is 551 g/mol. The van der Waals surface area contributed by atoms with Crippen molar-refractivity contribution in [2.24, 2.45) is 0 Å². The molecule has 2 aliphatic carbocycles. The SMILES string of the molecule is CC1=Cc2c(cccc2C(C)(C)C)[CH]1[Zr+2]([CH]1C(C)=Cc2c1cccc2C(C)(C)C)[SiH](C)C.[Cl-].[Cl-]. The van der Waals surface area contributed by atoms with Gasteiger partial charge in [0.05, 0.1) is 0 Å². The van der Waals surface area contributed by atoms with Crippen molar-refractivity contribution in [2.75, 3.05) is 0 Å². The molecule has 2 aromatic carbocycles. The molecule has 4 heteroatoms. The van der Waals surface area contributed by atoms with Crippen LogP contribution in [0.1, 0.15) is 96.0 Å². The molecule has 4 rings (SSSR count). The van der Waals surface area contributed by atoms with E-state index in [1.54, 1.807) is 33.4 Å². The Labute approximate surface area is 229 Å². The average Bonchev–Trinajstić information content (AvgIpc) is 3.17. The van der Waals surface area contributed by atoms with E-state index >= 15 is 0 Å². The van der Waals surface area contributed by atoms with Crippen molar-refractivity contribution in [3.8, 4) is 0 Å². The Morgan fingerprint density at radius 1 is 0.647 bits per heavy atom. The summed E-state index contributed by atoms with van der Waals surface area (Å²) in [4.78, 5) is 0. The van der Waals surface area contributed by atoms with Crippen molar-refractivity contribution in [1.82, 2.24) is 0 Å². The van der Waals surface area contributed by atoms with Crippen molar-refractivity contribution in [2.45, 2.75) is 86.6 Å². The van der Waals surface area contributed by atoms with E-state index < -0.39 is 26.8 Å². The van der Waals surface area contributed by atoms with E-state index in [0.29, 0.717) is 0 Å². The third kappa shape index (κ3) is 5.18. The summed E-state index contributed by atoms with van der Waals surface area (Å²) in [6.45, 7) is 24.4. The summed E-state index contributed by atoms with van der Waals surface area (Å²) in [5.74, 6) is -0.787. The van der Waals surface area contributed by atoms with Gasteiger partial charge in [0.1, 0.15) is 0 Å². The van der Waals surface area contributed by atoms with E-state index in [1.807, 2.05) is 0 Å². The Morgan fingerprint density at radius 3 is 1.29 bits per heavy atom. The van der Waals surface area contributed by atoms with Crippen LogP contribution in [0.25, 0.3) is 12.2 Å². The Kier molecular flexibility index (Phi) is 9.24. The van der Waals surface area contributed by atoms with Gasteiger partial charge in [0.25, 0.3) is 0 Å². The standard InChI is InChI=1S/2C14H17.C2H7Si.2ClH.Zr/c2*1-10-8-11-6-5-7-13(12(11)9-10)14(2,3)4;1-3-2;;;/h2*5-9H,1-4H3;3H,1-2H3;2*1H;/q;;;;;+2/p-2. The van der Waals surface area contributed by atoms with Crippen molar-refractivity contribution in [3.63, 3.8) is 0 Å². The van der Waals surface area contributed by atoms with Crippen molar-refractivity contribution < 1.29 is 45.7 Å². The number of hydrogen-bond acceptors (Lipinski definition) is 0. The molecular formula is C30H41Cl2SiZr. The zero-order valence-electron chi connectivity index (χ0n) is 22.6. The maximum Gasteiger partial charge on any atom is -1.00 e. The Balaban J connectivity index is 0.00000204. The van der Waals surface area contributed by atoms with E-state index in [1.165, 1.54) is 11.1 Å². The van der Waals surface area contributed by atoms with E-state index in [9.17, 15) is 0 Å². The van der Waals surface area contributed by atoms with Crippen LogP contribution in [0.3, 0.4) is 0 Å². The third-order valence-electron chi connectivity index (χ3n) is 7.51. The number of benzene rings is 2. The van der Waals surface area contributed by atoms with Crippen molar-refractivity contribution in [3.05, 3.63) is 80.9 Å². The van der Waals surface area contributed by atoms with Gasteiger partial charge in [-0.1, -0.05) is 0 Å². The summed E-state index contributed by atoms with van der Waals surface area (Å²) in [7, 11) is 0. The first kappa shape index (κ1) is 29.8. The van der Waals surface area contributed by atoms with Gasteiger partial charge in [0, 0.05) is 0 Å². The molecule has 183 valence electrons. The first-order valence-corrected chi connectivity index (χ1v) is 22.3. The number of rotatable bonds is 3. The second-order valence-corrected chi connectivity index (χ2v) is 32.5. The number of halogens is 2. The smallest absolute Gasteiger partial charge is 1.00 e. The molecule has 0 nitrogen and oxygen atoms in total. The molecule has 34 heavy (non-hydrogen) atoms. The fourth-order valence-corrected chi connectivity index (χ4v) is 29.3. The first-order valence-electron chi connectivity index (χ1n) is 12.3. The summed E-state index contributed by atoms with van der Waals surface area (Å²) in [5, 5.41) is 0. The Hall–Kier alpha value is -0.400. The summed E-state index contributed by atoms with van der Waals surface area (Å²) < 4.78 is 1.47. The maximum absolute atomic E-state index is 2.66. The summed E-state index contributed by atoms with van der Waals surface area (Å²) >= 11 is -1.91. The Bertz CT molecular complexity index is 1030. The molecule has 0 bridgehead atoms. The van der Waals surface area contributed by atoms with Crippen LogP contribution in [0.5, 0.6) is 0 Å². The van der Waals surface area contributed by atoms with Crippen LogP contribution in [-0.2, 0) is 31.7 Å². The van der Waals surface area contributed by atoms with Crippen LogP contribution in [0.4, 0.5) is 0 Å². The average molecular weight is 592 g/mol. The zero-order valence-corrected chi connectivity index (χ0v) is 27.7. The molecule has 0 spiro atoms. The molecule has 0 fully saturated rings. The second-order valence-electron chi connectivity index (χ2n) is 12.4. The number of allylic oxidation sites excluding steroid dienone is 2. The van der Waals surface area contributed by atoms with Gasteiger partial charge in [0.2, 0.25) is 0 Å². The normalized spacial score (nSPS) is 19.0. The van der Waals surface area contributed by atoms with Gasteiger partial charge in [0.15, 0.2) is 0 Å². The summed E-state index contributed by atoms with van der Waals surface area (Å²) in [6.07, 6.45) is 5.14. The molecule has 0 saturated heterocycles. The van der Waals surface area contributed by atoms with E-state index in [0.717, 1.165) is 7.25 Å². The maximum atomic E-state index is 2.66. The van der Waals surface area contributed by atoms with Crippen LogP contribution in [0.2, 0.25) is 13.1 Å². The number of hydrogen-bond donors (Lipinski definition) is 0. The molecule has 0 saturated carbocycles. The largest absolute Gasteiger partial charge is 1.00 e. The minimum atomic E-state index is -1.91. The summed E-state index contributed by atoms with van der Waals surface area (Å²) in [5.41, 5.74) is 13.2. The van der Waals surface area contributed by atoms with Gasteiger partial charge >= 0.3 is 206 Å². The molecule has 2 aromatic rings. The quantitative estimate of drug-likeness (QED) is 0.482. The zero-order chi connectivity index (χ0) is 23.6. The minimum absolute atomic E-state index is 0. The monoisotopic (exact) mass is 589 g/mol. The van der Waals surface area contributed by atoms with Gasteiger partial charge in [-0.05, 0) is 0 Å². The van der Waals surface area contributed by atoms with Crippen molar-refractivity contribution >= 4 is 18.1 Å². The molecule has 0 radical (unpaired) electrons. The van der Waals surface area contributed by atoms with E-state index in [2.05, 4.69) is 117 Å². The topological polar surface area (TPSA) is 0 Å². The van der Waals surface area contributed by atoms with Crippen LogP contribution in [0, 0.1) is 0 Å². The molecule has 0 aromatic heterocycles. The van der Waals surface area contributed by atoms with E-state index in [-0.39, 0.29) is 35.6 Å². The van der Waals surface area contributed by atoms with Gasteiger partial charge in [-0.3, -0.25) is 0 Å². The molecule has 2 unspecified atom stereocenters. The van der Waals surface area contributed by atoms with Crippen molar-refractivity contribution in [1.29, 1.82) is 0 Å². The second kappa shape index (κ2) is 10.5. The fourth-order valence-electron chi connectivity index (χ4n) is 6.13.